The fourth-order valence-corrected chi connectivity index (χ4v) is 2.34. The Balaban J connectivity index is 2.52. The Hall–Kier alpha value is -1.14. The second kappa shape index (κ2) is 7.45. The number of esters is 1. The fourth-order valence-electron chi connectivity index (χ4n) is 1.19. The van der Waals surface area contributed by atoms with E-state index < -0.39 is 11.9 Å². The maximum Gasteiger partial charge on any atom is 0.331 e. The molecule has 1 N–H and O–H groups in total. The molecule has 0 spiro atoms. The van der Waals surface area contributed by atoms with E-state index in [0.717, 1.165) is 14.5 Å². The van der Waals surface area contributed by atoms with Gasteiger partial charge in [0, 0.05) is 15.0 Å². The van der Waals surface area contributed by atoms with Crippen molar-refractivity contribution in [1.29, 1.82) is 0 Å². The van der Waals surface area contributed by atoms with Gasteiger partial charge in [0.05, 0.1) is 5.69 Å². The van der Waals surface area contributed by atoms with Crippen molar-refractivity contribution in [2.45, 2.75) is 13.8 Å². The van der Waals surface area contributed by atoms with Gasteiger partial charge in [-0.1, -0.05) is 21.5 Å². The molecule has 19 heavy (non-hydrogen) atoms. The van der Waals surface area contributed by atoms with E-state index in [-0.39, 0.29) is 6.61 Å². The highest BCUT2D eigenvalue weighted by Crippen LogP contribution is 2.25. The summed E-state index contributed by atoms with van der Waals surface area (Å²) in [6, 6.07) is 5.35. The molecule has 6 heteroatoms. The van der Waals surface area contributed by atoms with Gasteiger partial charge >= 0.3 is 5.97 Å². The van der Waals surface area contributed by atoms with Gasteiger partial charge in [0.15, 0.2) is 6.61 Å². The van der Waals surface area contributed by atoms with E-state index in [1.807, 2.05) is 6.07 Å². The molecular formula is C13H13Br2NO3. The van der Waals surface area contributed by atoms with Gasteiger partial charge in [-0.3, -0.25) is 4.79 Å². The van der Waals surface area contributed by atoms with Gasteiger partial charge in [0.25, 0.3) is 5.91 Å². The molecule has 0 aliphatic carbocycles. The lowest BCUT2D eigenvalue weighted by Crippen LogP contribution is -2.20. The van der Waals surface area contributed by atoms with E-state index in [2.05, 4.69) is 37.2 Å². The van der Waals surface area contributed by atoms with Gasteiger partial charge in [-0.15, -0.1) is 0 Å². The number of amides is 1. The summed E-state index contributed by atoms with van der Waals surface area (Å²) in [5.41, 5.74) is 1.44. The standard InChI is InChI=1S/C13H13Br2NO3/c1-8(2)5-13(18)19-7-12(17)16-11-4-3-9(14)6-10(11)15/h3-6H,7H2,1-2H3,(H,16,17). The van der Waals surface area contributed by atoms with Crippen molar-refractivity contribution < 1.29 is 14.3 Å². The van der Waals surface area contributed by atoms with Crippen LogP contribution in [0.25, 0.3) is 0 Å². The Labute approximate surface area is 128 Å². The third-order valence-corrected chi connectivity index (χ3v) is 3.11. The number of carbonyl (C=O) groups is 2. The summed E-state index contributed by atoms with van der Waals surface area (Å²) in [6.07, 6.45) is 1.34. The zero-order chi connectivity index (χ0) is 14.4. The first-order valence-electron chi connectivity index (χ1n) is 5.45. The van der Waals surface area contributed by atoms with Crippen LogP contribution in [0.1, 0.15) is 13.8 Å². The van der Waals surface area contributed by atoms with Crippen LogP contribution in [0.5, 0.6) is 0 Å². The largest absolute Gasteiger partial charge is 0.452 e. The summed E-state index contributed by atoms with van der Waals surface area (Å²) in [4.78, 5) is 22.8. The summed E-state index contributed by atoms with van der Waals surface area (Å²) in [6.45, 7) is 3.24. The van der Waals surface area contributed by atoms with Gasteiger partial charge in [0.1, 0.15) is 0 Å². The molecule has 0 aliphatic rings. The van der Waals surface area contributed by atoms with Crippen LogP contribution in [0.4, 0.5) is 5.69 Å². The molecule has 1 rings (SSSR count). The number of carbonyl (C=O) groups excluding carboxylic acids is 2. The maximum atomic E-state index is 11.6. The van der Waals surface area contributed by atoms with Crippen molar-refractivity contribution in [3.63, 3.8) is 0 Å². The maximum absolute atomic E-state index is 11.6. The van der Waals surface area contributed by atoms with E-state index in [9.17, 15) is 9.59 Å². The Morgan fingerprint density at radius 1 is 1.32 bits per heavy atom. The Kier molecular flexibility index (Phi) is 6.24. The second-order valence-corrected chi connectivity index (χ2v) is 5.77. The monoisotopic (exact) mass is 389 g/mol. The van der Waals surface area contributed by atoms with E-state index >= 15 is 0 Å². The minimum Gasteiger partial charge on any atom is -0.452 e. The molecule has 0 aliphatic heterocycles. The predicted molar refractivity (Wildman–Crippen MR) is 80.9 cm³/mol. The molecule has 0 aromatic heterocycles. The van der Waals surface area contributed by atoms with E-state index in [0.29, 0.717) is 5.69 Å². The molecule has 0 saturated carbocycles. The lowest BCUT2D eigenvalue weighted by atomic mass is 10.3. The van der Waals surface area contributed by atoms with Crippen LogP contribution in [0.2, 0.25) is 0 Å². The molecule has 0 fully saturated rings. The summed E-state index contributed by atoms with van der Waals surface area (Å²) >= 11 is 6.64. The summed E-state index contributed by atoms with van der Waals surface area (Å²) in [7, 11) is 0. The highest BCUT2D eigenvalue weighted by Gasteiger charge is 2.08. The topological polar surface area (TPSA) is 55.4 Å². The number of hydrogen-bond acceptors (Lipinski definition) is 3. The highest BCUT2D eigenvalue weighted by molar-refractivity contribution is 9.11. The number of ether oxygens (including phenoxy) is 1. The number of allylic oxidation sites excluding steroid dienone is 1. The Morgan fingerprint density at radius 3 is 2.58 bits per heavy atom. The average molecular weight is 391 g/mol. The third-order valence-electron chi connectivity index (χ3n) is 1.96. The average Bonchev–Trinajstić information content (AvgIpc) is 2.29. The zero-order valence-electron chi connectivity index (χ0n) is 10.5. The summed E-state index contributed by atoms with van der Waals surface area (Å²) < 4.78 is 6.44. The lowest BCUT2D eigenvalue weighted by Gasteiger charge is -2.07. The Morgan fingerprint density at radius 2 is 2.00 bits per heavy atom. The summed E-state index contributed by atoms with van der Waals surface area (Å²) in [5.74, 6) is -0.913. The molecule has 0 bridgehead atoms. The number of rotatable bonds is 4. The molecule has 0 unspecified atom stereocenters. The number of halogens is 2. The van der Waals surface area contributed by atoms with Crippen LogP contribution in [-0.4, -0.2) is 18.5 Å². The van der Waals surface area contributed by atoms with Crippen LogP contribution in [0, 0.1) is 0 Å². The third kappa shape index (κ3) is 6.02. The molecular weight excluding hydrogens is 378 g/mol. The van der Waals surface area contributed by atoms with Crippen molar-refractivity contribution in [2.75, 3.05) is 11.9 Å². The van der Waals surface area contributed by atoms with Crippen molar-refractivity contribution in [3.05, 3.63) is 38.8 Å². The van der Waals surface area contributed by atoms with Crippen molar-refractivity contribution in [2.24, 2.45) is 0 Å². The zero-order valence-corrected chi connectivity index (χ0v) is 13.7. The van der Waals surface area contributed by atoms with Gasteiger partial charge in [-0.25, -0.2) is 4.79 Å². The minimum atomic E-state index is -0.523. The van der Waals surface area contributed by atoms with Crippen molar-refractivity contribution in [3.8, 4) is 0 Å². The van der Waals surface area contributed by atoms with Crippen molar-refractivity contribution in [1.82, 2.24) is 0 Å². The molecule has 0 atom stereocenters. The lowest BCUT2D eigenvalue weighted by molar-refractivity contribution is -0.142. The van der Waals surface area contributed by atoms with Crippen LogP contribution in [0.3, 0.4) is 0 Å². The summed E-state index contributed by atoms with van der Waals surface area (Å²) in [5, 5.41) is 2.64. The first kappa shape index (κ1) is 15.9. The quantitative estimate of drug-likeness (QED) is 0.630. The number of anilines is 1. The molecule has 1 aromatic carbocycles. The number of hydrogen-bond donors (Lipinski definition) is 1. The van der Waals surface area contributed by atoms with Crippen LogP contribution in [0.15, 0.2) is 38.8 Å². The van der Waals surface area contributed by atoms with Crippen LogP contribution >= 0.6 is 31.9 Å². The van der Waals surface area contributed by atoms with Gasteiger partial charge in [-0.05, 0) is 48.0 Å². The SMILES string of the molecule is CC(C)=CC(=O)OCC(=O)Nc1ccc(Br)cc1Br. The number of nitrogens with one attached hydrogen (secondary N) is 1. The smallest absolute Gasteiger partial charge is 0.331 e. The minimum absolute atomic E-state index is 0.314. The molecule has 0 saturated heterocycles. The first-order chi connectivity index (χ1) is 8.88. The van der Waals surface area contributed by atoms with E-state index in [1.54, 1.807) is 26.0 Å². The van der Waals surface area contributed by atoms with E-state index in [1.165, 1.54) is 6.08 Å². The molecule has 4 nitrogen and oxygen atoms in total. The van der Waals surface area contributed by atoms with Gasteiger partial charge in [-0.2, -0.15) is 0 Å². The molecule has 102 valence electrons. The molecule has 1 aromatic rings. The first-order valence-corrected chi connectivity index (χ1v) is 7.03. The van der Waals surface area contributed by atoms with Gasteiger partial charge in [0.2, 0.25) is 0 Å². The van der Waals surface area contributed by atoms with E-state index in [4.69, 9.17) is 4.74 Å². The van der Waals surface area contributed by atoms with Crippen LogP contribution < -0.4 is 5.32 Å². The van der Waals surface area contributed by atoms with Crippen molar-refractivity contribution >= 4 is 49.4 Å². The Bertz CT molecular complexity index is 523. The molecule has 1 amide bonds. The fraction of sp³-hybridized carbons (Fsp3) is 0.231. The number of benzene rings is 1. The van der Waals surface area contributed by atoms with Crippen LogP contribution in [-0.2, 0) is 14.3 Å². The van der Waals surface area contributed by atoms with Gasteiger partial charge < -0.3 is 10.1 Å². The molecule has 0 radical (unpaired) electrons. The second-order valence-electron chi connectivity index (χ2n) is 4.00. The molecule has 0 heterocycles. The predicted octanol–water partition coefficient (Wildman–Crippen LogP) is 3.66. The normalized spacial score (nSPS) is 9.68. The highest BCUT2D eigenvalue weighted by atomic mass is 79.9.